The number of benzene rings is 1. The van der Waals surface area contributed by atoms with Crippen molar-refractivity contribution in [2.45, 2.75) is 0 Å². The van der Waals surface area contributed by atoms with Gasteiger partial charge in [-0.25, -0.2) is 4.39 Å². The molecule has 0 unspecified atom stereocenters. The van der Waals surface area contributed by atoms with E-state index >= 15 is 0 Å². The first-order chi connectivity index (χ1) is 5.77. The molecule has 0 aliphatic heterocycles. The van der Waals surface area contributed by atoms with Crippen LogP contribution in [0.5, 0.6) is 5.75 Å². The van der Waals surface area contributed by atoms with E-state index < -0.39 is 5.82 Å². The van der Waals surface area contributed by atoms with Crippen molar-refractivity contribution in [2.75, 3.05) is 0 Å². The predicted octanol–water partition coefficient (Wildman–Crippen LogP) is 2.99. The van der Waals surface area contributed by atoms with Crippen molar-refractivity contribution in [3.63, 3.8) is 0 Å². The summed E-state index contributed by atoms with van der Waals surface area (Å²) in [6.45, 7) is 6.90. The molecule has 0 aliphatic rings. The van der Waals surface area contributed by atoms with E-state index in [0.29, 0.717) is 0 Å². The average molecular weight is 164 g/mol. The van der Waals surface area contributed by atoms with Gasteiger partial charge in [0.25, 0.3) is 0 Å². The van der Waals surface area contributed by atoms with Crippen molar-refractivity contribution in [1.82, 2.24) is 0 Å². The third kappa shape index (κ3) is 1.72. The minimum atomic E-state index is -0.402. The molecule has 1 nitrogen and oxygen atoms in total. The molecule has 0 fully saturated rings. The number of hydrogen-bond acceptors (Lipinski definition) is 1. The molecule has 0 aromatic heterocycles. The van der Waals surface area contributed by atoms with Crippen LogP contribution in [0.4, 0.5) is 4.39 Å². The predicted molar refractivity (Wildman–Crippen MR) is 47.3 cm³/mol. The smallest absolute Gasteiger partial charge is 0.165 e. The standard InChI is InChI=1S/C10H9FO/c1-3-8-5-6-9(11)10(7-8)12-4-2/h3-7H,1-2H2. The van der Waals surface area contributed by atoms with Crippen LogP contribution in [0.1, 0.15) is 5.56 Å². The van der Waals surface area contributed by atoms with Crippen molar-refractivity contribution in [3.05, 3.63) is 49.0 Å². The maximum absolute atomic E-state index is 12.9. The minimum absolute atomic E-state index is 0.169. The fourth-order valence-corrected chi connectivity index (χ4v) is 0.827. The van der Waals surface area contributed by atoms with E-state index in [1.807, 2.05) is 0 Å². The van der Waals surface area contributed by atoms with Crippen molar-refractivity contribution < 1.29 is 9.13 Å². The summed E-state index contributed by atoms with van der Waals surface area (Å²) in [5.41, 5.74) is 0.813. The number of ether oxygens (including phenoxy) is 1. The molecule has 0 aliphatic carbocycles. The Kier molecular flexibility index (Phi) is 2.64. The van der Waals surface area contributed by atoms with Crippen LogP contribution in [0, 0.1) is 5.82 Å². The van der Waals surface area contributed by atoms with Gasteiger partial charge in [0.2, 0.25) is 0 Å². The van der Waals surface area contributed by atoms with Crippen molar-refractivity contribution >= 4 is 6.08 Å². The summed E-state index contributed by atoms with van der Waals surface area (Å²) >= 11 is 0. The summed E-state index contributed by atoms with van der Waals surface area (Å²) in [5, 5.41) is 0. The van der Waals surface area contributed by atoms with Gasteiger partial charge < -0.3 is 4.74 Å². The Morgan fingerprint density at radius 3 is 2.67 bits per heavy atom. The molecule has 0 atom stereocenters. The fraction of sp³-hybridized carbons (Fsp3) is 0. The highest BCUT2D eigenvalue weighted by Crippen LogP contribution is 2.19. The fourth-order valence-electron chi connectivity index (χ4n) is 0.827. The van der Waals surface area contributed by atoms with E-state index in [4.69, 9.17) is 4.74 Å². The Balaban J connectivity index is 3.06. The van der Waals surface area contributed by atoms with E-state index in [0.717, 1.165) is 5.56 Å². The summed E-state index contributed by atoms with van der Waals surface area (Å²) in [4.78, 5) is 0. The zero-order chi connectivity index (χ0) is 8.97. The lowest BCUT2D eigenvalue weighted by molar-refractivity contribution is 0.442. The Labute approximate surface area is 70.8 Å². The van der Waals surface area contributed by atoms with Crippen LogP contribution in [0.3, 0.4) is 0 Å². The summed E-state index contributed by atoms with van der Waals surface area (Å²) in [6.07, 6.45) is 2.81. The minimum Gasteiger partial charge on any atom is -0.463 e. The van der Waals surface area contributed by atoms with Crippen LogP contribution in [0.25, 0.3) is 6.08 Å². The molecule has 2 heteroatoms. The van der Waals surface area contributed by atoms with Gasteiger partial charge in [-0.15, -0.1) is 0 Å². The van der Waals surface area contributed by atoms with E-state index in [1.165, 1.54) is 12.3 Å². The Morgan fingerprint density at radius 1 is 1.33 bits per heavy atom. The molecule has 1 aromatic carbocycles. The summed E-state index contributed by atoms with van der Waals surface area (Å²) in [6, 6.07) is 4.51. The summed E-state index contributed by atoms with van der Waals surface area (Å²) in [7, 11) is 0. The van der Waals surface area contributed by atoms with Gasteiger partial charge in [0.05, 0.1) is 6.26 Å². The van der Waals surface area contributed by atoms with Gasteiger partial charge >= 0.3 is 0 Å². The Morgan fingerprint density at radius 2 is 2.08 bits per heavy atom. The highest BCUT2D eigenvalue weighted by molar-refractivity contribution is 5.50. The zero-order valence-corrected chi connectivity index (χ0v) is 6.59. The van der Waals surface area contributed by atoms with Gasteiger partial charge in [-0.1, -0.05) is 25.3 Å². The number of halogens is 1. The molecule has 62 valence electrons. The van der Waals surface area contributed by atoms with Crippen molar-refractivity contribution in [3.8, 4) is 5.75 Å². The first-order valence-corrected chi connectivity index (χ1v) is 3.47. The van der Waals surface area contributed by atoms with E-state index in [1.54, 1.807) is 18.2 Å². The zero-order valence-electron chi connectivity index (χ0n) is 6.59. The lowest BCUT2D eigenvalue weighted by Gasteiger charge is -2.01. The monoisotopic (exact) mass is 164 g/mol. The maximum atomic E-state index is 12.9. The van der Waals surface area contributed by atoms with Gasteiger partial charge in [0.1, 0.15) is 0 Å². The van der Waals surface area contributed by atoms with Crippen molar-refractivity contribution in [1.29, 1.82) is 0 Å². The molecule has 0 amide bonds. The summed E-state index contributed by atoms with van der Waals surface area (Å²) in [5.74, 6) is -0.233. The molecule has 0 spiro atoms. The lowest BCUT2D eigenvalue weighted by Crippen LogP contribution is -1.86. The molecule has 0 saturated heterocycles. The quantitative estimate of drug-likeness (QED) is 0.624. The Bertz CT molecular complexity index is 305. The molecule has 1 rings (SSSR count). The normalized spacial score (nSPS) is 9.08. The molecule has 0 heterocycles. The van der Waals surface area contributed by atoms with Crippen LogP contribution in [-0.4, -0.2) is 0 Å². The third-order valence-corrected chi connectivity index (χ3v) is 1.40. The molecule has 0 saturated carbocycles. The largest absolute Gasteiger partial charge is 0.463 e. The number of hydrogen-bond donors (Lipinski definition) is 0. The molecule has 0 bridgehead atoms. The van der Waals surface area contributed by atoms with E-state index in [9.17, 15) is 4.39 Å². The van der Waals surface area contributed by atoms with E-state index in [-0.39, 0.29) is 5.75 Å². The molecule has 0 N–H and O–H groups in total. The second-order valence-electron chi connectivity index (χ2n) is 2.18. The van der Waals surface area contributed by atoms with Crippen LogP contribution >= 0.6 is 0 Å². The van der Waals surface area contributed by atoms with Crippen molar-refractivity contribution in [2.24, 2.45) is 0 Å². The first-order valence-electron chi connectivity index (χ1n) is 3.47. The molecule has 0 radical (unpaired) electrons. The highest BCUT2D eigenvalue weighted by Gasteiger charge is 2.01. The molecular weight excluding hydrogens is 155 g/mol. The first kappa shape index (κ1) is 8.53. The SMILES string of the molecule is C=COc1cc(C=C)ccc1F. The summed E-state index contributed by atoms with van der Waals surface area (Å²) < 4.78 is 17.7. The molecular formula is C10H9FO. The van der Waals surface area contributed by atoms with Gasteiger partial charge in [-0.3, -0.25) is 0 Å². The molecule has 12 heavy (non-hydrogen) atoms. The average Bonchev–Trinajstić information content (AvgIpc) is 2.09. The lowest BCUT2D eigenvalue weighted by atomic mass is 10.2. The topological polar surface area (TPSA) is 9.23 Å². The molecule has 1 aromatic rings. The van der Waals surface area contributed by atoms with Gasteiger partial charge in [0, 0.05) is 0 Å². The second kappa shape index (κ2) is 3.72. The number of rotatable bonds is 3. The van der Waals surface area contributed by atoms with Crippen LogP contribution < -0.4 is 4.74 Å². The second-order valence-corrected chi connectivity index (χ2v) is 2.18. The van der Waals surface area contributed by atoms with Gasteiger partial charge in [-0.2, -0.15) is 0 Å². The van der Waals surface area contributed by atoms with Gasteiger partial charge in [-0.05, 0) is 17.7 Å². The maximum Gasteiger partial charge on any atom is 0.165 e. The van der Waals surface area contributed by atoms with Crippen LogP contribution in [-0.2, 0) is 0 Å². The Hall–Kier alpha value is -1.57. The van der Waals surface area contributed by atoms with Crippen LogP contribution in [0.15, 0.2) is 37.6 Å². The third-order valence-electron chi connectivity index (χ3n) is 1.40. The van der Waals surface area contributed by atoms with Gasteiger partial charge in [0.15, 0.2) is 11.6 Å². The van der Waals surface area contributed by atoms with Crippen LogP contribution in [0.2, 0.25) is 0 Å². The highest BCUT2D eigenvalue weighted by atomic mass is 19.1. The van der Waals surface area contributed by atoms with E-state index in [2.05, 4.69) is 13.2 Å².